The molecule has 0 aliphatic heterocycles. The Morgan fingerprint density at radius 2 is 2.06 bits per heavy atom. The van der Waals surface area contributed by atoms with E-state index < -0.39 is 9.84 Å². The fraction of sp³-hybridized carbons (Fsp3) is 0.500. The molecule has 0 heterocycles. The van der Waals surface area contributed by atoms with Crippen molar-refractivity contribution in [3.05, 3.63) is 23.8 Å². The van der Waals surface area contributed by atoms with E-state index >= 15 is 0 Å². The largest absolute Gasteiger partial charge is 0.497 e. The average molecular weight is 273 g/mol. The number of benzene rings is 1. The minimum atomic E-state index is -3.03. The molecule has 5 nitrogen and oxygen atoms in total. The van der Waals surface area contributed by atoms with Crippen LogP contribution < -0.4 is 15.2 Å². The molecular weight excluding hydrogens is 254 g/mol. The lowest BCUT2D eigenvalue weighted by Gasteiger charge is -2.15. The number of nitrogens with two attached hydrogens (primary N) is 1. The van der Waals surface area contributed by atoms with Crippen LogP contribution in [0.5, 0.6) is 11.5 Å². The Kier molecular flexibility index (Phi) is 4.98. The van der Waals surface area contributed by atoms with Gasteiger partial charge in [0.2, 0.25) is 0 Å². The van der Waals surface area contributed by atoms with Gasteiger partial charge in [0.05, 0.1) is 12.9 Å². The first-order valence-corrected chi connectivity index (χ1v) is 7.63. The zero-order valence-electron chi connectivity index (χ0n) is 10.8. The standard InChI is InChI=1S/C12H19NO4S/c1-9(13)11-5-4-10(16-2)8-12(11)17-6-7-18(3,14)15/h4-5,8-9H,6-7,13H2,1-3H3/t9-/m0/s1. The first-order valence-electron chi connectivity index (χ1n) is 5.57. The molecule has 0 aromatic heterocycles. The van der Waals surface area contributed by atoms with Gasteiger partial charge < -0.3 is 15.2 Å². The maximum atomic E-state index is 11.0. The van der Waals surface area contributed by atoms with Gasteiger partial charge in [0.15, 0.2) is 9.84 Å². The Labute approximate surface area is 108 Å². The molecule has 102 valence electrons. The summed E-state index contributed by atoms with van der Waals surface area (Å²) in [4.78, 5) is 0. The summed E-state index contributed by atoms with van der Waals surface area (Å²) < 4.78 is 32.6. The minimum Gasteiger partial charge on any atom is -0.497 e. The molecule has 0 saturated carbocycles. The van der Waals surface area contributed by atoms with E-state index in [9.17, 15) is 8.42 Å². The van der Waals surface area contributed by atoms with Gasteiger partial charge >= 0.3 is 0 Å². The second-order valence-corrected chi connectivity index (χ2v) is 6.43. The topological polar surface area (TPSA) is 78.6 Å². The maximum Gasteiger partial charge on any atom is 0.150 e. The monoisotopic (exact) mass is 273 g/mol. The predicted molar refractivity (Wildman–Crippen MR) is 70.8 cm³/mol. The van der Waals surface area contributed by atoms with Crippen molar-refractivity contribution in [1.29, 1.82) is 0 Å². The molecule has 0 fully saturated rings. The number of methoxy groups -OCH3 is 1. The Balaban J connectivity index is 2.84. The molecule has 0 saturated heterocycles. The Morgan fingerprint density at radius 3 is 2.56 bits per heavy atom. The van der Waals surface area contributed by atoms with E-state index in [0.717, 1.165) is 5.56 Å². The first-order chi connectivity index (χ1) is 8.33. The quantitative estimate of drug-likeness (QED) is 0.840. The van der Waals surface area contributed by atoms with Gasteiger partial charge in [-0.15, -0.1) is 0 Å². The fourth-order valence-electron chi connectivity index (χ4n) is 1.45. The van der Waals surface area contributed by atoms with Crippen molar-refractivity contribution >= 4 is 9.84 Å². The average Bonchev–Trinajstić information content (AvgIpc) is 2.26. The summed E-state index contributed by atoms with van der Waals surface area (Å²) in [5.41, 5.74) is 6.65. The van der Waals surface area contributed by atoms with Gasteiger partial charge in [0.1, 0.15) is 18.1 Å². The van der Waals surface area contributed by atoms with Crippen LogP contribution in [0.15, 0.2) is 18.2 Å². The highest BCUT2D eigenvalue weighted by atomic mass is 32.2. The third-order valence-electron chi connectivity index (χ3n) is 2.42. The lowest BCUT2D eigenvalue weighted by atomic mass is 10.1. The molecular formula is C12H19NO4S. The number of sulfone groups is 1. The van der Waals surface area contributed by atoms with Crippen LogP contribution in [0.4, 0.5) is 0 Å². The second kappa shape index (κ2) is 6.06. The van der Waals surface area contributed by atoms with Crippen molar-refractivity contribution in [3.63, 3.8) is 0 Å². The van der Waals surface area contributed by atoms with E-state index in [1.807, 2.05) is 13.0 Å². The third kappa shape index (κ3) is 4.54. The van der Waals surface area contributed by atoms with Crippen molar-refractivity contribution in [2.45, 2.75) is 13.0 Å². The summed E-state index contributed by atoms with van der Waals surface area (Å²) in [5.74, 6) is 1.18. The molecule has 1 aromatic rings. The molecule has 18 heavy (non-hydrogen) atoms. The fourth-order valence-corrected chi connectivity index (χ4v) is 1.83. The second-order valence-electron chi connectivity index (χ2n) is 4.17. The summed E-state index contributed by atoms with van der Waals surface area (Å²) >= 11 is 0. The molecule has 0 amide bonds. The molecule has 0 unspecified atom stereocenters. The Morgan fingerprint density at radius 1 is 1.39 bits per heavy atom. The molecule has 1 rings (SSSR count). The van der Waals surface area contributed by atoms with Crippen molar-refractivity contribution < 1.29 is 17.9 Å². The van der Waals surface area contributed by atoms with Gasteiger partial charge in [0, 0.05) is 23.9 Å². The molecule has 0 radical (unpaired) electrons. The summed E-state index contributed by atoms with van der Waals surface area (Å²) in [6.45, 7) is 1.94. The highest BCUT2D eigenvalue weighted by molar-refractivity contribution is 7.90. The molecule has 1 aromatic carbocycles. The van der Waals surface area contributed by atoms with Crippen LogP contribution in [-0.4, -0.2) is 34.1 Å². The van der Waals surface area contributed by atoms with Crippen LogP contribution >= 0.6 is 0 Å². The van der Waals surface area contributed by atoms with Gasteiger partial charge in [0.25, 0.3) is 0 Å². The van der Waals surface area contributed by atoms with E-state index in [1.54, 1.807) is 19.2 Å². The van der Waals surface area contributed by atoms with Gasteiger partial charge in [-0.1, -0.05) is 6.07 Å². The molecule has 0 aliphatic rings. The zero-order valence-corrected chi connectivity index (χ0v) is 11.7. The number of ether oxygens (including phenoxy) is 2. The van der Waals surface area contributed by atoms with Crippen molar-refractivity contribution in [3.8, 4) is 11.5 Å². The van der Waals surface area contributed by atoms with Crippen LogP contribution in [0.2, 0.25) is 0 Å². The van der Waals surface area contributed by atoms with E-state index in [0.29, 0.717) is 11.5 Å². The lowest BCUT2D eigenvalue weighted by Crippen LogP contribution is -2.14. The van der Waals surface area contributed by atoms with Crippen LogP contribution in [0, 0.1) is 0 Å². The third-order valence-corrected chi connectivity index (χ3v) is 3.33. The molecule has 1 atom stereocenters. The first kappa shape index (κ1) is 14.8. The lowest BCUT2D eigenvalue weighted by molar-refractivity contribution is 0.331. The van der Waals surface area contributed by atoms with Crippen LogP contribution in [0.3, 0.4) is 0 Å². The molecule has 0 aliphatic carbocycles. The summed E-state index contributed by atoms with van der Waals surface area (Å²) in [7, 11) is -1.47. The van der Waals surface area contributed by atoms with Gasteiger partial charge in [-0.3, -0.25) is 0 Å². The molecule has 0 spiro atoms. The molecule has 0 bridgehead atoms. The Bertz CT molecular complexity index is 497. The highest BCUT2D eigenvalue weighted by Gasteiger charge is 2.11. The van der Waals surface area contributed by atoms with Crippen molar-refractivity contribution in [2.24, 2.45) is 5.73 Å². The summed E-state index contributed by atoms with van der Waals surface area (Å²) in [6.07, 6.45) is 1.18. The smallest absolute Gasteiger partial charge is 0.150 e. The van der Waals surface area contributed by atoms with Gasteiger partial charge in [-0.2, -0.15) is 0 Å². The van der Waals surface area contributed by atoms with Gasteiger partial charge in [-0.25, -0.2) is 8.42 Å². The number of hydrogen-bond acceptors (Lipinski definition) is 5. The minimum absolute atomic E-state index is 0.0252. The van der Waals surface area contributed by atoms with E-state index in [-0.39, 0.29) is 18.4 Å². The van der Waals surface area contributed by atoms with Crippen LogP contribution in [0.1, 0.15) is 18.5 Å². The van der Waals surface area contributed by atoms with Crippen molar-refractivity contribution in [1.82, 2.24) is 0 Å². The molecule has 6 heteroatoms. The number of hydrogen-bond donors (Lipinski definition) is 1. The van der Waals surface area contributed by atoms with Crippen molar-refractivity contribution in [2.75, 3.05) is 25.7 Å². The van der Waals surface area contributed by atoms with E-state index in [1.165, 1.54) is 6.26 Å². The van der Waals surface area contributed by atoms with E-state index in [4.69, 9.17) is 15.2 Å². The highest BCUT2D eigenvalue weighted by Crippen LogP contribution is 2.28. The van der Waals surface area contributed by atoms with Gasteiger partial charge in [-0.05, 0) is 13.0 Å². The molecule has 2 N–H and O–H groups in total. The van der Waals surface area contributed by atoms with E-state index in [2.05, 4.69) is 0 Å². The number of rotatable bonds is 6. The SMILES string of the molecule is COc1ccc([C@H](C)N)c(OCCS(C)(=O)=O)c1. The van der Waals surface area contributed by atoms with Crippen LogP contribution in [0.25, 0.3) is 0 Å². The van der Waals surface area contributed by atoms with Crippen LogP contribution in [-0.2, 0) is 9.84 Å². The summed E-state index contributed by atoms with van der Waals surface area (Å²) in [6, 6.07) is 5.13. The summed E-state index contributed by atoms with van der Waals surface area (Å²) in [5, 5.41) is 0. The predicted octanol–water partition coefficient (Wildman–Crippen LogP) is 1.14. The Hall–Kier alpha value is -1.27. The zero-order chi connectivity index (χ0) is 13.8. The normalized spacial score (nSPS) is 13.1. The maximum absolute atomic E-state index is 11.0.